The Morgan fingerprint density at radius 1 is 1.05 bits per heavy atom. The van der Waals surface area contributed by atoms with Crippen LogP contribution in [-0.4, -0.2) is 34.5 Å². The fraction of sp³-hybridized carbons (Fsp3) is 0.133. The van der Waals surface area contributed by atoms with Gasteiger partial charge in [0.25, 0.3) is 0 Å². The first-order chi connectivity index (χ1) is 10.7. The molecule has 0 aliphatic carbocycles. The van der Waals surface area contributed by atoms with E-state index in [0.717, 1.165) is 34.1 Å². The standard InChI is InChI=1S/C15H13N7/c1-10-16-6-5-12(18-10)15-17-7-8-22(15)11-3-4-14-13(9-11)19-20-21(14)2/h3-9H,1-2H3. The molecule has 0 aliphatic heterocycles. The van der Waals surface area contributed by atoms with Crippen molar-refractivity contribution in [3.8, 4) is 17.2 Å². The van der Waals surface area contributed by atoms with Gasteiger partial charge in [0.2, 0.25) is 0 Å². The number of imidazole rings is 1. The highest BCUT2D eigenvalue weighted by atomic mass is 15.4. The van der Waals surface area contributed by atoms with Gasteiger partial charge in [-0.3, -0.25) is 4.57 Å². The normalized spacial score (nSPS) is 11.2. The highest BCUT2D eigenvalue weighted by Crippen LogP contribution is 2.22. The number of hydrogen-bond donors (Lipinski definition) is 0. The predicted octanol–water partition coefficient (Wildman–Crippen LogP) is 1.92. The minimum Gasteiger partial charge on any atom is -0.298 e. The smallest absolute Gasteiger partial charge is 0.163 e. The fourth-order valence-electron chi connectivity index (χ4n) is 2.46. The van der Waals surface area contributed by atoms with Gasteiger partial charge in [-0.2, -0.15) is 0 Å². The predicted molar refractivity (Wildman–Crippen MR) is 81.4 cm³/mol. The zero-order chi connectivity index (χ0) is 15.1. The molecule has 108 valence electrons. The lowest BCUT2D eigenvalue weighted by Crippen LogP contribution is -1.99. The van der Waals surface area contributed by atoms with Crippen molar-refractivity contribution in [3.63, 3.8) is 0 Å². The number of aryl methyl sites for hydroxylation is 2. The monoisotopic (exact) mass is 291 g/mol. The molecule has 22 heavy (non-hydrogen) atoms. The van der Waals surface area contributed by atoms with Crippen LogP contribution in [0.4, 0.5) is 0 Å². The number of benzene rings is 1. The van der Waals surface area contributed by atoms with E-state index in [1.165, 1.54) is 0 Å². The van der Waals surface area contributed by atoms with E-state index >= 15 is 0 Å². The molecule has 0 spiro atoms. The second-order valence-electron chi connectivity index (χ2n) is 5.00. The van der Waals surface area contributed by atoms with E-state index in [-0.39, 0.29) is 0 Å². The summed E-state index contributed by atoms with van der Waals surface area (Å²) in [5.74, 6) is 1.49. The molecule has 4 aromatic rings. The summed E-state index contributed by atoms with van der Waals surface area (Å²) in [6, 6.07) is 7.86. The molecule has 0 aliphatic rings. The lowest BCUT2D eigenvalue weighted by atomic mass is 10.2. The van der Waals surface area contributed by atoms with Gasteiger partial charge in [0.1, 0.15) is 17.0 Å². The van der Waals surface area contributed by atoms with Gasteiger partial charge in [-0.1, -0.05) is 5.21 Å². The maximum absolute atomic E-state index is 4.44. The van der Waals surface area contributed by atoms with Crippen molar-refractivity contribution < 1.29 is 0 Å². The first-order valence-corrected chi connectivity index (χ1v) is 6.85. The molecule has 0 saturated heterocycles. The molecule has 4 rings (SSSR count). The van der Waals surface area contributed by atoms with Crippen LogP contribution >= 0.6 is 0 Å². The molecule has 0 amide bonds. The Labute approximate surface area is 126 Å². The highest BCUT2D eigenvalue weighted by Gasteiger charge is 2.11. The largest absolute Gasteiger partial charge is 0.298 e. The molecule has 1 aromatic carbocycles. The molecule has 0 radical (unpaired) electrons. The second-order valence-corrected chi connectivity index (χ2v) is 5.00. The molecule has 3 aromatic heterocycles. The Hall–Kier alpha value is -3.09. The van der Waals surface area contributed by atoms with Crippen molar-refractivity contribution in [1.29, 1.82) is 0 Å². The van der Waals surface area contributed by atoms with Gasteiger partial charge in [-0.25, -0.2) is 19.6 Å². The van der Waals surface area contributed by atoms with Crippen LogP contribution in [0.1, 0.15) is 5.82 Å². The topological polar surface area (TPSA) is 74.3 Å². The first kappa shape index (κ1) is 12.6. The van der Waals surface area contributed by atoms with Gasteiger partial charge in [0.15, 0.2) is 5.82 Å². The quantitative estimate of drug-likeness (QED) is 0.564. The van der Waals surface area contributed by atoms with Gasteiger partial charge in [0, 0.05) is 31.3 Å². The number of fused-ring (bicyclic) bond motifs is 1. The van der Waals surface area contributed by atoms with Gasteiger partial charge < -0.3 is 0 Å². The molecule has 0 unspecified atom stereocenters. The summed E-state index contributed by atoms with van der Waals surface area (Å²) in [6.07, 6.45) is 5.40. The molecular formula is C15H13N7. The van der Waals surface area contributed by atoms with E-state index in [1.54, 1.807) is 17.1 Å². The van der Waals surface area contributed by atoms with Crippen LogP contribution in [0.25, 0.3) is 28.2 Å². The molecule has 7 heteroatoms. The number of aromatic nitrogens is 7. The van der Waals surface area contributed by atoms with E-state index in [1.807, 2.05) is 49.0 Å². The third kappa shape index (κ3) is 1.95. The summed E-state index contributed by atoms with van der Waals surface area (Å²) in [7, 11) is 1.88. The SMILES string of the molecule is Cc1nccc(-c2nccn2-c2ccc3c(c2)nnn3C)n1. The van der Waals surface area contributed by atoms with Crippen molar-refractivity contribution >= 4 is 11.0 Å². The Morgan fingerprint density at radius 2 is 1.95 bits per heavy atom. The van der Waals surface area contributed by atoms with Gasteiger partial charge in [-0.05, 0) is 31.2 Å². The van der Waals surface area contributed by atoms with Crippen molar-refractivity contribution in [3.05, 3.63) is 48.7 Å². The zero-order valence-electron chi connectivity index (χ0n) is 12.2. The molecule has 7 nitrogen and oxygen atoms in total. The third-order valence-corrected chi connectivity index (χ3v) is 3.52. The summed E-state index contributed by atoms with van der Waals surface area (Å²) >= 11 is 0. The van der Waals surface area contributed by atoms with E-state index in [9.17, 15) is 0 Å². The summed E-state index contributed by atoms with van der Waals surface area (Å²) in [5.41, 5.74) is 3.59. The van der Waals surface area contributed by atoms with Crippen LogP contribution < -0.4 is 0 Å². The number of rotatable bonds is 2. The maximum atomic E-state index is 4.44. The lowest BCUT2D eigenvalue weighted by Gasteiger charge is -2.07. The summed E-state index contributed by atoms with van der Waals surface area (Å²) in [5, 5.41) is 8.19. The fourth-order valence-corrected chi connectivity index (χ4v) is 2.46. The molecule has 0 atom stereocenters. The molecule has 3 heterocycles. The molecule has 0 bridgehead atoms. The van der Waals surface area contributed by atoms with Gasteiger partial charge in [0.05, 0.1) is 5.52 Å². The highest BCUT2D eigenvalue weighted by molar-refractivity contribution is 5.77. The van der Waals surface area contributed by atoms with Crippen molar-refractivity contribution in [1.82, 2.24) is 34.5 Å². The van der Waals surface area contributed by atoms with Crippen LogP contribution in [0.3, 0.4) is 0 Å². The molecule has 0 N–H and O–H groups in total. The van der Waals surface area contributed by atoms with Crippen LogP contribution in [0.2, 0.25) is 0 Å². The van der Waals surface area contributed by atoms with Crippen molar-refractivity contribution in [2.75, 3.05) is 0 Å². The summed E-state index contributed by atoms with van der Waals surface area (Å²) in [6.45, 7) is 1.86. The first-order valence-electron chi connectivity index (χ1n) is 6.85. The van der Waals surface area contributed by atoms with Crippen LogP contribution in [0.5, 0.6) is 0 Å². The van der Waals surface area contributed by atoms with E-state index in [2.05, 4.69) is 25.3 Å². The van der Waals surface area contributed by atoms with Gasteiger partial charge in [-0.15, -0.1) is 5.10 Å². The Kier molecular flexibility index (Phi) is 2.72. The van der Waals surface area contributed by atoms with Crippen LogP contribution in [0.15, 0.2) is 42.9 Å². The summed E-state index contributed by atoms with van der Waals surface area (Å²) in [4.78, 5) is 13.0. The van der Waals surface area contributed by atoms with Crippen LogP contribution in [-0.2, 0) is 7.05 Å². The average Bonchev–Trinajstić information content (AvgIpc) is 3.14. The summed E-state index contributed by atoms with van der Waals surface area (Å²) < 4.78 is 3.73. The Morgan fingerprint density at radius 3 is 2.82 bits per heavy atom. The van der Waals surface area contributed by atoms with E-state index in [0.29, 0.717) is 0 Å². The number of nitrogens with zero attached hydrogens (tertiary/aromatic N) is 7. The average molecular weight is 291 g/mol. The Bertz CT molecular complexity index is 967. The van der Waals surface area contributed by atoms with E-state index < -0.39 is 0 Å². The van der Waals surface area contributed by atoms with Crippen molar-refractivity contribution in [2.45, 2.75) is 6.92 Å². The molecule has 0 fully saturated rings. The van der Waals surface area contributed by atoms with Crippen molar-refractivity contribution in [2.24, 2.45) is 7.05 Å². The minimum atomic E-state index is 0.719. The maximum Gasteiger partial charge on any atom is 0.163 e. The van der Waals surface area contributed by atoms with E-state index in [4.69, 9.17) is 0 Å². The second kappa shape index (κ2) is 4.73. The van der Waals surface area contributed by atoms with Crippen LogP contribution in [0, 0.1) is 6.92 Å². The van der Waals surface area contributed by atoms with Gasteiger partial charge >= 0.3 is 0 Å². The molecular weight excluding hydrogens is 278 g/mol. The number of hydrogen-bond acceptors (Lipinski definition) is 5. The minimum absolute atomic E-state index is 0.719. The molecule has 0 saturated carbocycles. The third-order valence-electron chi connectivity index (χ3n) is 3.52. The zero-order valence-corrected chi connectivity index (χ0v) is 12.2. The Balaban J connectivity index is 1.87. The lowest BCUT2D eigenvalue weighted by molar-refractivity contribution is 0.736.